The second-order valence-electron chi connectivity index (χ2n) is 4.61. The van der Waals surface area contributed by atoms with Gasteiger partial charge in [0, 0.05) is 5.56 Å². The predicted molar refractivity (Wildman–Crippen MR) is 76.3 cm³/mol. The smallest absolute Gasteiger partial charge is 0.233 e. The molecular weight excluding hydrogens is 266 g/mol. The van der Waals surface area contributed by atoms with Crippen molar-refractivity contribution < 1.29 is 13.2 Å². The Morgan fingerprint density at radius 3 is 2.58 bits per heavy atom. The molecule has 0 radical (unpaired) electrons. The summed E-state index contributed by atoms with van der Waals surface area (Å²) in [5.74, 6) is 0.292. The number of rotatable bonds is 6. The highest BCUT2D eigenvalue weighted by molar-refractivity contribution is 7.92. The van der Waals surface area contributed by atoms with Gasteiger partial charge >= 0.3 is 0 Å². The predicted octanol–water partition coefficient (Wildman–Crippen LogP) is 1.38. The molecule has 7 heteroatoms. The van der Waals surface area contributed by atoms with Crippen molar-refractivity contribution in [1.82, 2.24) is 0 Å². The largest absolute Gasteiger partial charge is 0.495 e. The Labute approximate surface area is 113 Å². The first-order valence-electron chi connectivity index (χ1n) is 5.78. The van der Waals surface area contributed by atoms with Crippen molar-refractivity contribution in [2.75, 3.05) is 17.6 Å². The number of nitrogen functional groups attached to an aromatic ring is 1. The highest BCUT2D eigenvalue weighted by Gasteiger charge is 2.16. The van der Waals surface area contributed by atoms with E-state index < -0.39 is 10.0 Å². The highest BCUT2D eigenvalue weighted by atomic mass is 32.2. The summed E-state index contributed by atoms with van der Waals surface area (Å²) in [5.41, 5.74) is 6.19. The van der Waals surface area contributed by atoms with Gasteiger partial charge in [0.1, 0.15) is 11.6 Å². The molecule has 0 bridgehead atoms. The molecule has 1 aromatic rings. The Bertz CT molecular complexity index is 568. The van der Waals surface area contributed by atoms with Gasteiger partial charge in [0.2, 0.25) is 10.0 Å². The first-order chi connectivity index (χ1) is 8.75. The van der Waals surface area contributed by atoms with Crippen LogP contribution in [0.5, 0.6) is 5.75 Å². The standard InChI is InChI=1S/C12H19N3O3S/c1-8(2)7-19(16,17)15-10-5-4-9(12(13)14)6-11(10)18-3/h4-6,8,15H,7H2,1-3H3,(H3,13,14). The minimum absolute atomic E-state index is 0.0278. The number of benzene rings is 1. The van der Waals surface area contributed by atoms with Gasteiger partial charge in [0.25, 0.3) is 0 Å². The Morgan fingerprint density at radius 1 is 1.47 bits per heavy atom. The van der Waals surface area contributed by atoms with Gasteiger partial charge in [-0.2, -0.15) is 0 Å². The van der Waals surface area contributed by atoms with Crippen molar-refractivity contribution in [3.8, 4) is 5.75 Å². The van der Waals surface area contributed by atoms with Gasteiger partial charge in [-0.1, -0.05) is 13.8 Å². The Hall–Kier alpha value is -1.76. The maximum absolute atomic E-state index is 11.9. The summed E-state index contributed by atoms with van der Waals surface area (Å²) in [6.45, 7) is 3.66. The van der Waals surface area contributed by atoms with Crippen LogP contribution in [-0.4, -0.2) is 27.1 Å². The fourth-order valence-corrected chi connectivity index (χ4v) is 3.06. The Morgan fingerprint density at radius 2 is 2.11 bits per heavy atom. The first-order valence-corrected chi connectivity index (χ1v) is 7.43. The summed E-state index contributed by atoms with van der Waals surface area (Å²) < 4.78 is 31.3. The molecule has 0 atom stereocenters. The maximum atomic E-state index is 11.9. The van der Waals surface area contributed by atoms with Gasteiger partial charge in [-0.3, -0.25) is 10.1 Å². The molecule has 0 aliphatic carbocycles. The van der Waals surface area contributed by atoms with Gasteiger partial charge in [-0.15, -0.1) is 0 Å². The van der Waals surface area contributed by atoms with E-state index in [1.807, 2.05) is 13.8 Å². The third-order valence-corrected chi connectivity index (χ3v) is 3.97. The van der Waals surface area contributed by atoms with Crippen LogP contribution in [0.1, 0.15) is 19.4 Å². The summed E-state index contributed by atoms with van der Waals surface area (Å²) in [4.78, 5) is 0. The highest BCUT2D eigenvalue weighted by Crippen LogP contribution is 2.26. The molecule has 0 unspecified atom stereocenters. The number of ether oxygens (including phenoxy) is 1. The summed E-state index contributed by atoms with van der Waals surface area (Å²) in [6.07, 6.45) is 0. The number of hydrogen-bond acceptors (Lipinski definition) is 4. The van der Waals surface area contributed by atoms with Crippen LogP contribution in [0.25, 0.3) is 0 Å². The Balaban J connectivity index is 3.05. The van der Waals surface area contributed by atoms with E-state index in [4.69, 9.17) is 15.9 Å². The fraction of sp³-hybridized carbons (Fsp3) is 0.417. The number of anilines is 1. The molecule has 0 aliphatic heterocycles. The number of nitrogens with one attached hydrogen (secondary N) is 2. The van der Waals surface area contributed by atoms with Crippen LogP contribution in [0.15, 0.2) is 18.2 Å². The van der Waals surface area contributed by atoms with Crippen LogP contribution < -0.4 is 15.2 Å². The molecule has 1 rings (SSSR count). The molecular formula is C12H19N3O3S. The van der Waals surface area contributed by atoms with Crippen molar-refractivity contribution >= 4 is 21.5 Å². The summed E-state index contributed by atoms with van der Waals surface area (Å²) in [7, 11) is -1.98. The lowest BCUT2D eigenvalue weighted by atomic mass is 10.2. The summed E-state index contributed by atoms with van der Waals surface area (Å²) in [6, 6.07) is 4.63. The first kappa shape index (κ1) is 15.3. The summed E-state index contributed by atoms with van der Waals surface area (Å²) in [5, 5.41) is 7.33. The van der Waals surface area contributed by atoms with E-state index in [0.29, 0.717) is 17.0 Å². The quantitative estimate of drug-likeness (QED) is 0.542. The summed E-state index contributed by atoms with van der Waals surface area (Å²) >= 11 is 0. The van der Waals surface area contributed by atoms with E-state index in [9.17, 15) is 8.42 Å². The average Bonchev–Trinajstić information content (AvgIpc) is 2.26. The molecule has 0 aromatic heterocycles. The van der Waals surface area contributed by atoms with Gasteiger partial charge < -0.3 is 10.5 Å². The topological polar surface area (TPSA) is 105 Å². The van der Waals surface area contributed by atoms with E-state index >= 15 is 0 Å². The molecule has 6 nitrogen and oxygen atoms in total. The molecule has 0 fully saturated rings. The minimum Gasteiger partial charge on any atom is -0.495 e. The van der Waals surface area contributed by atoms with Crippen LogP contribution in [-0.2, 0) is 10.0 Å². The zero-order valence-electron chi connectivity index (χ0n) is 11.2. The van der Waals surface area contributed by atoms with Crippen LogP contribution in [0.4, 0.5) is 5.69 Å². The lowest BCUT2D eigenvalue weighted by Crippen LogP contribution is -2.20. The number of amidine groups is 1. The third kappa shape index (κ3) is 4.44. The van der Waals surface area contributed by atoms with Crippen molar-refractivity contribution in [3.05, 3.63) is 23.8 Å². The monoisotopic (exact) mass is 285 g/mol. The second kappa shape index (κ2) is 5.92. The van der Waals surface area contributed by atoms with E-state index in [-0.39, 0.29) is 17.5 Å². The zero-order chi connectivity index (χ0) is 14.6. The molecule has 19 heavy (non-hydrogen) atoms. The van der Waals surface area contributed by atoms with Crippen LogP contribution in [0, 0.1) is 11.3 Å². The number of nitrogens with two attached hydrogens (primary N) is 1. The molecule has 0 amide bonds. The van der Waals surface area contributed by atoms with E-state index in [0.717, 1.165) is 0 Å². The van der Waals surface area contributed by atoms with Gasteiger partial charge in [0.15, 0.2) is 0 Å². The number of methoxy groups -OCH3 is 1. The molecule has 0 saturated heterocycles. The molecule has 4 N–H and O–H groups in total. The SMILES string of the molecule is COc1cc(C(=N)N)ccc1NS(=O)(=O)CC(C)C. The molecule has 106 valence electrons. The van der Waals surface area contributed by atoms with E-state index in [2.05, 4.69) is 4.72 Å². The van der Waals surface area contributed by atoms with Crippen molar-refractivity contribution in [2.45, 2.75) is 13.8 Å². The van der Waals surface area contributed by atoms with Gasteiger partial charge in [-0.05, 0) is 24.1 Å². The minimum atomic E-state index is -3.41. The third-order valence-electron chi connectivity index (χ3n) is 2.33. The van der Waals surface area contributed by atoms with Crippen molar-refractivity contribution in [2.24, 2.45) is 11.7 Å². The molecule has 1 aromatic carbocycles. The lowest BCUT2D eigenvalue weighted by molar-refractivity contribution is 0.416. The zero-order valence-corrected chi connectivity index (χ0v) is 12.0. The van der Waals surface area contributed by atoms with Crippen LogP contribution in [0.3, 0.4) is 0 Å². The van der Waals surface area contributed by atoms with Crippen molar-refractivity contribution in [3.63, 3.8) is 0 Å². The van der Waals surface area contributed by atoms with E-state index in [1.165, 1.54) is 19.2 Å². The number of hydrogen-bond donors (Lipinski definition) is 3. The van der Waals surface area contributed by atoms with E-state index in [1.54, 1.807) is 6.07 Å². The number of sulfonamides is 1. The normalized spacial score (nSPS) is 11.4. The lowest BCUT2D eigenvalue weighted by Gasteiger charge is -2.14. The molecule has 0 spiro atoms. The molecule has 0 saturated carbocycles. The maximum Gasteiger partial charge on any atom is 0.233 e. The Kier molecular flexibility index (Phi) is 4.77. The molecule has 0 heterocycles. The van der Waals surface area contributed by atoms with Crippen molar-refractivity contribution in [1.29, 1.82) is 5.41 Å². The average molecular weight is 285 g/mol. The molecule has 0 aliphatic rings. The van der Waals surface area contributed by atoms with Crippen LogP contribution in [0.2, 0.25) is 0 Å². The fourth-order valence-electron chi connectivity index (χ4n) is 1.59. The van der Waals surface area contributed by atoms with Gasteiger partial charge in [-0.25, -0.2) is 8.42 Å². The van der Waals surface area contributed by atoms with Gasteiger partial charge in [0.05, 0.1) is 18.6 Å². The second-order valence-corrected chi connectivity index (χ2v) is 6.37. The van der Waals surface area contributed by atoms with Crippen LogP contribution >= 0.6 is 0 Å².